The molecule has 1 saturated carbocycles. The maximum atomic E-state index is 12.4. The van der Waals surface area contributed by atoms with Crippen LogP contribution in [0.25, 0.3) is 0 Å². The molecule has 0 aromatic rings. The third-order valence-corrected chi connectivity index (χ3v) is 11.5. The van der Waals surface area contributed by atoms with Gasteiger partial charge in [-0.1, -0.05) is 20.8 Å². The molecule has 0 unspecified atom stereocenters. The van der Waals surface area contributed by atoms with Crippen LogP contribution >= 0.6 is 0 Å². The normalized spacial score (nSPS) is 20.6. The van der Waals surface area contributed by atoms with Crippen LogP contribution in [0.2, 0.25) is 18.1 Å². The fraction of sp³-hybridized carbons (Fsp3) is 0.957. The predicted molar refractivity (Wildman–Crippen MR) is 123 cm³/mol. The molecule has 1 N–H and O–H groups in total. The van der Waals surface area contributed by atoms with Gasteiger partial charge in [-0.25, -0.2) is 4.79 Å². The first-order valence-electron chi connectivity index (χ1n) is 11.6. The van der Waals surface area contributed by atoms with Crippen LogP contribution in [0.4, 0.5) is 4.79 Å². The highest BCUT2D eigenvalue weighted by atomic mass is 28.4. The summed E-state index contributed by atoms with van der Waals surface area (Å²) < 4.78 is 12.0. The lowest BCUT2D eigenvalue weighted by Gasteiger charge is -2.43. The van der Waals surface area contributed by atoms with Crippen LogP contribution in [-0.4, -0.2) is 57.2 Å². The van der Waals surface area contributed by atoms with Gasteiger partial charge in [0.15, 0.2) is 8.32 Å². The molecule has 1 heterocycles. The van der Waals surface area contributed by atoms with E-state index in [9.17, 15) is 4.79 Å². The van der Waals surface area contributed by atoms with Crippen LogP contribution in [0.5, 0.6) is 0 Å². The Morgan fingerprint density at radius 2 is 1.69 bits per heavy atom. The summed E-state index contributed by atoms with van der Waals surface area (Å²) >= 11 is 0. The topological polar surface area (TPSA) is 50.8 Å². The molecule has 1 saturated heterocycles. The second-order valence-electron chi connectivity index (χ2n) is 11.8. The van der Waals surface area contributed by atoms with Gasteiger partial charge in [0, 0.05) is 32.3 Å². The largest absolute Gasteiger partial charge is 0.444 e. The summed E-state index contributed by atoms with van der Waals surface area (Å²) in [7, 11) is -1.68. The molecular weight excluding hydrogens is 380 g/mol. The Morgan fingerprint density at radius 3 is 2.17 bits per heavy atom. The summed E-state index contributed by atoms with van der Waals surface area (Å²) in [5, 5.41) is 4.02. The lowest BCUT2D eigenvalue weighted by atomic mass is 9.74. The van der Waals surface area contributed by atoms with E-state index in [1.807, 2.05) is 25.7 Å². The molecule has 1 aliphatic heterocycles. The molecule has 29 heavy (non-hydrogen) atoms. The van der Waals surface area contributed by atoms with Gasteiger partial charge in [-0.05, 0) is 82.8 Å². The van der Waals surface area contributed by atoms with Gasteiger partial charge in [-0.3, -0.25) is 0 Å². The van der Waals surface area contributed by atoms with Crippen molar-refractivity contribution in [1.29, 1.82) is 0 Å². The Morgan fingerprint density at radius 1 is 1.10 bits per heavy atom. The zero-order chi connectivity index (χ0) is 21.9. The molecule has 5 nitrogen and oxygen atoms in total. The number of hydrogen-bond acceptors (Lipinski definition) is 4. The molecule has 1 aliphatic carbocycles. The number of nitrogens with zero attached hydrogens (tertiary/aromatic N) is 1. The van der Waals surface area contributed by atoms with Gasteiger partial charge in [-0.15, -0.1) is 0 Å². The highest BCUT2D eigenvalue weighted by molar-refractivity contribution is 6.74. The highest BCUT2D eigenvalue weighted by Crippen LogP contribution is 2.39. The number of carbonyl (C=O) groups excluding carboxylic acids is 1. The molecule has 0 radical (unpaired) electrons. The van der Waals surface area contributed by atoms with Gasteiger partial charge in [0.2, 0.25) is 0 Å². The van der Waals surface area contributed by atoms with Crippen molar-refractivity contribution in [3.63, 3.8) is 0 Å². The van der Waals surface area contributed by atoms with Crippen LogP contribution in [0, 0.1) is 5.41 Å². The Kier molecular flexibility index (Phi) is 7.89. The third kappa shape index (κ3) is 7.87. The zero-order valence-corrected chi connectivity index (χ0v) is 21.3. The average molecular weight is 427 g/mol. The van der Waals surface area contributed by atoms with Gasteiger partial charge in [0.05, 0.1) is 0 Å². The maximum absolute atomic E-state index is 12.4. The first kappa shape index (κ1) is 24.7. The fourth-order valence-electron chi connectivity index (χ4n) is 3.64. The van der Waals surface area contributed by atoms with Crippen LogP contribution in [-0.2, 0) is 9.16 Å². The van der Waals surface area contributed by atoms with E-state index in [0.717, 1.165) is 51.5 Å². The number of rotatable bonds is 8. The van der Waals surface area contributed by atoms with Crippen LogP contribution in [0.1, 0.15) is 80.1 Å². The van der Waals surface area contributed by atoms with E-state index >= 15 is 0 Å². The Balaban J connectivity index is 1.86. The van der Waals surface area contributed by atoms with Gasteiger partial charge >= 0.3 is 6.09 Å². The average Bonchev–Trinajstić information content (AvgIpc) is 3.39. The van der Waals surface area contributed by atoms with Gasteiger partial charge in [-0.2, -0.15) is 0 Å². The molecule has 170 valence electrons. The molecule has 2 fully saturated rings. The zero-order valence-electron chi connectivity index (χ0n) is 20.3. The molecule has 1 amide bonds. The summed E-state index contributed by atoms with van der Waals surface area (Å²) in [6, 6.07) is 0.722. The number of hydrogen-bond donors (Lipinski definition) is 1. The van der Waals surface area contributed by atoms with Crippen molar-refractivity contribution in [2.24, 2.45) is 5.41 Å². The van der Waals surface area contributed by atoms with Crippen molar-refractivity contribution in [3.8, 4) is 0 Å². The maximum Gasteiger partial charge on any atom is 0.410 e. The van der Waals surface area contributed by atoms with E-state index in [1.165, 1.54) is 19.3 Å². The summed E-state index contributed by atoms with van der Waals surface area (Å²) in [4.78, 5) is 14.3. The molecule has 0 aromatic heterocycles. The van der Waals surface area contributed by atoms with Crippen molar-refractivity contribution in [1.82, 2.24) is 10.2 Å². The first-order valence-corrected chi connectivity index (χ1v) is 14.5. The third-order valence-electron chi connectivity index (χ3n) is 6.94. The molecule has 2 rings (SSSR count). The van der Waals surface area contributed by atoms with Crippen molar-refractivity contribution < 1.29 is 14.0 Å². The Bertz CT molecular complexity index is 539. The standard InChI is InChI=1S/C23H46N2O3Si/c1-21(2,3)28-20(26)25-15-13-23(14-16-25,18-24-19-10-11-19)12-9-17-27-29(7,8)22(4,5)6/h19,24H,9-18H2,1-8H3. The van der Waals surface area contributed by atoms with Crippen molar-refractivity contribution in [2.75, 3.05) is 26.2 Å². The van der Waals surface area contributed by atoms with Crippen molar-refractivity contribution in [2.45, 2.75) is 110 Å². The second-order valence-corrected chi connectivity index (χ2v) is 16.6. The summed E-state index contributed by atoms with van der Waals surface area (Å²) in [5.41, 5.74) is -0.155. The highest BCUT2D eigenvalue weighted by Gasteiger charge is 2.39. The second kappa shape index (κ2) is 9.27. The molecule has 0 spiro atoms. The number of ether oxygens (including phenoxy) is 1. The molecule has 6 heteroatoms. The van der Waals surface area contributed by atoms with Crippen LogP contribution < -0.4 is 5.32 Å². The minimum Gasteiger partial charge on any atom is -0.444 e. The Hall–Kier alpha value is -0.593. The quantitative estimate of drug-likeness (QED) is 0.408. The lowest BCUT2D eigenvalue weighted by Crippen LogP contribution is -2.48. The number of amides is 1. The van der Waals surface area contributed by atoms with Crippen molar-refractivity contribution in [3.05, 3.63) is 0 Å². The van der Waals surface area contributed by atoms with E-state index in [-0.39, 0.29) is 16.5 Å². The molecular formula is C23H46N2O3Si. The lowest BCUT2D eigenvalue weighted by molar-refractivity contribution is 0.00806. The predicted octanol–water partition coefficient (Wildman–Crippen LogP) is 5.56. The smallest absolute Gasteiger partial charge is 0.410 e. The molecule has 0 bridgehead atoms. The van der Waals surface area contributed by atoms with Gasteiger partial charge < -0.3 is 19.4 Å². The Labute approximate surface area is 180 Å². The SMILES string of the molecule is CC(C)(C)OC(=O)N1CCC(CCCO[Si](C)(C)C(C)(C)C)(CNC2CC2)CC1. The number of nitrogens with one attached hydrogen (secondary N) is 1. The number of likely N-dealkylation sites (tertiary alicyclic amines) is 1. The summed E-state index contributed by atoms with van der Waals surface area (Å²) in [6.07, 6.45) is 6.83. The van der Waals surface area contributed by atoms with Crippen molar-refractivity contribution >= 4 is 14.4 Å². The van der Waals surface area contributed by atoms with Crippen LogP contribution in [0.3, 0.4) is 0 Å². The minimum atomic E-state index is -1.68. The number of carbonyl (C=O) groups is 1. The summed E-state index contributed by atoms with van der Waals surface area (Å²) in [5.74, 6) is 0. The van der Waals surface area contributed by atoms with Crippen LogP contribution in [0.15, 0.2) is 0 Å². The molecule has 0 aromatic carbocycles. The fourth-order valence-corrected chi connectivity index (χ4v) is 4.73. The first-order chi connectivity index (χ1) is 13.2. The molecule has 0 atom stereocenters. The summed E-state index contributed by atoms with van der Waals surface area (Å²) in [6.45, 7) is 20.9. The van der Waals surface area contributed by atoms with Gasteiger partial charge in [0.1, 0.15) is 5.60 Å². The monoisotopic (exact) mass is 426 g/mol. The van der Waals surface area contributed by atoms with Gasteiger partial charge in [0.25, 0.3) is 0 Å². The van der Waals surface area contributed by atoms with E-state index in [1.54, 1.807) is 0 Å². The van der Waals surface area contributed by atoms with E-state index in [4.69, 9.17) is 9.16 Å². The van der Waals surface area contributed by atoms with E-state index in [0.29, 0.717) is 0 Å². The van der Waals surface area contributed by atoms with E-state index < -0.39 is 13.9 Å². The minimum absolute atomic E-state index is 0.164. The molecule has 2 aliphatic rings. The van der Waals surface area contributed by atoms with E-state index in [2.05, 4.69) is 39.2 Å². The number of piperidine rings is 1.